The van der Waals surface area contributed by atoms with Gasteiger partial charge in [0.25, 0.3) is 0 Å². The van der Waals surface area contributed by atoms with Crippen LogP contribution in [0.1, 0.15) is 5.56 Å². The van der Waals surface area contributed by atoms with E-state index in [1.54, 1.807) is 30.3 Å². The predicted octanol–water partition coefficient (Wildman–Crippen LogP) is 3.45. The van der Waals surface area contributed by atoms with Crippen molar-refractivity contribution in [1.29, 1.82) is 0 Å². The van der Waals surface area contributed by atoms with E-state index in [-0.39, 0.29) is 11.7 Å². The van der Waals surface area contributed by atoms with E-state index in [1.165, 1.54) is 11.8 Å². The monoisotopic (exact) mass is 307 g/mol. The topological polar surface area (TPSA) is 49.3 Å². The molecule has 3 nitrogen and oxygen atoms in total. The van der Waals surface area contributed by atoms with Gasteiger partial charge in [-0.25, -0.2) is 0 Å². The summed E-state index contributed by atoms with van der Waals surface area (Å²) in [7, 11) is 0. The zero-order valence-electron chi connectivity index (χ0n) is 10.7. The number of thioether (sulfide) groups is 1. The second-order valence-corrected chi connectivity index (χ2v) is 5.61. The summed E-state index contributed by atoms with van der Waals surface area (Å²) in [5.41, 5.74) is 0.900. The van der Waals surface area contributed by atoms with E-state index in [2.05, 4.69) is 5.32 Å². The van der Waals surface area contributed by atoms with Crippen molar-refractivity contribution in [3.8, 4) is 5.75 Å². The maximum atomic E-state index is 11.7. The minimum absolute atomic E-state index is 0.0528. The third kappa shape index (κ3) is 4.47. The van der Waals surface area contributed by atoms with Gasteiger partial charge in [-0.3, -0.25) is 4.79 Å². The van der Waals surface area contributed by atoms with E-state index in [9.17, 15) is 4.79 Å². The van der Waals surface area contributed by atoms with Crippen LogP contribution in [-0.4, -0.2) is 16.8 Å². The summed E-state index contributed by atoms with van der Waals surface area (Å²) < 4.78 is 0. The third-order valence-corrected chi connectivity index (χ3v) is 4.02. The average Bonchev–Trinajstić information content (AvgIpc) is 2.46. The molecule has 0 saturated heterocycles. The molecule has 0 radical (unpaired) electrons. The van der Waals surface area contributed by atoms with Gasteiger partial charge in [0, 0.05) is 16.5 Å². The summed E-state index contributed by atoms with van der Waals surface area (Å²) >= 11 is 7.44. The number of hydrogen-bond donors (Lipinski definition) is 2. The summed E-state index contributed by atoms with van der Waals surface area (Å²) in [5, 5.41) is 12.6. The first kappa shape index (κ1) is 14.8. The van der Waals surface area contributed by atoms with Crippen molar-refractivity contribution in [1.82, 2.24) is 5.32 Å². The fraction of sp³-hybridized carbons (Fsp3) is 0.133. The normalized spacial score (nSPS) is 10.2. The lowest BCUT2D eigenvalue weighted by atomic mass is 10.2. The van der Waals surface area contributed by atoms with Gasteiger partial charge in [-0.1, -0.05) is 29.8 Å². The number of amides is 1. The zero-order valence-corrected chi connectivity index (χ0v) is 12.2. The number of nitrogens with one attached hydrogen (secondary N) is 1. The molecular weight excluding hydrogens is 294 g/mol. The number of hydrogen-bond acceptors (Lipinski definition) is 3. The first-order valence-electron chi connectivity index (χ1n) is 6.07. The Hall–Kier alpha value is -1.65. The summed E-state index contributed by atoms with van der Waals surface area (Å²) in [5.74, 6) is 0.496. The van der Waals surface area contributed by atoms with Crippen molar-refractivity contribution in [2.24, 2.45) is 0 Å². The van der Waals surface area contributed by atoms with Gasteiger partial charge in [0.1, 0.15) is 5.75 Å². The van der Waals surface area contributed by atoms with Crippen molar-refractivity contribution in [2.75, 3.05) is 5.75 Å². The fourth-order valence-electron chi connectivity index (χ4n) is 1.58. The Bertz CT molecular complexity index is 587. The molecule has 2 aromatic rings. The Kier molecular flexibility index (Phi) is 5.32. The van der Waals surface area contributed by atoms with Crippen LogP contribution < -0.4 is 5.32 Å². The van der Waals surface area contributed by atoms with E-state index in [4.69, 9.17) is 16.7 Å². The maximum Gasteiger partial charge on any atom is 0.230 e. The largest absolute Gasteiger partial charge is 0.508 e. The number of rotatable bonds is 5. The molecule has 0 aliphatic heterocycles. The number of aromatic hydroxyl groups is 1. The Morgan fingerprint density at radius 2 is 1.85 bits per heavy atom. The number of halogens is 1. The molecule has 0 aliphatic carbocycles. The molecule has 2 aromatic carbocycles. The van der Waals surface area contributed by atoms with E-state index >= 15 is 0 Å². The van der Waals surface area contributed by atoms with Crippen LogP contribution >= 0.6 is 23.4 Å². The number of phenolic OH excluding ortho intramolecular Hbond substituents is 1. The maximum absolute atomic E-state index is 11.7. The number of carbonyl (C=O) groups is 1. The highest BCUT2D eigenvalue weighted by Crippen LogP contribution is 2.20. The van der Waals surface area contributed by atoms with Gasteiger partial charge in [-0.15, -0.1) is 11.8 Å². The molecule has 2 rings (SSSR count). The Balaban J connectivity index is 1.78. The molecule has 0 aliphatic rings. The van der Waals surface area contributed by atoms with Crippen molar-refractivity contribution < 1.29 is 9.90 Å². The van der Waals surface area contributed by atoms with Gasteiger partial charge in [-0.2, -0.15) is 0 Å². The van der Waals surface area contributed by atoms with Gasteiger partial charge < -0.3 is 10.4 Å². The molecule has 2 N–H and O–H groups in total. The lowest BCUT2D eigenvalue weighted by Crippen LogP contribution is -2.24. The van der Waals surface area contributed by atoms with Gasteiger partial charge in [-0.05, 0) is 35.9 Å². The molecule has 5 heteroatoms. The number of carbonyl (C=O) groups excluding carboxylic acids is 1. The van der Waals surface area contributed by atoms with Crippen molar-refractivity contribution >= 4 is 29.3 Å². The van der Waals surface area contributed by atoms with Crippen LogP contribution in [-0.2, 0) is 11.3 Å². The lowest BCUT2D eigenvalue weighted by molar-refractivity contribution is -0.118. The van der Waals surface area contributed by atoms with Crippen LogP contribution in [0.2, 0.25) is 5.02 Å². The van der Waals surface area contributed by atoms with Crippen LogP contribution in [0.15, 0.2) is 53.4 Å². The SMILES string of the molecule is O=C(CSc1ccc(O)cc1)NCc1ccccc1Cl. The lowest BCUT2D eigenvalue weighted by Gasteiger charge is -2.07. The van der Waals surface area contributed by atoms with Crippen LogP contribution in [0.4, 0.5) is 0 Å². The molecule has 0 unspecified atom stereocenters. The number of benzene rings is 2. The van der Waals surface area contributed by atoms with Crippen molar-refractivity contribution in [3.63, 3.8) is 0 Å². The quantitative estimate of drug-likeness (QED) is 0.832. The van der Waals surface area contributed by atoms with Crippen LogP contribution in [0.3, 0.4) is 0 Å². The van der Waals surface area contributed by atoms with E-state index < -0.39 is 0 Å². The molecule has 0 saturated carbocycles. The zero-order chi connectivity index (χ0) is 14.4. The highest BCUT2D eigenvalue weighted by molar-refractivity contribution is 8.00. The summed E-state index contributed by atoms with van der Waals surface area (Å²) in [6.07, 6.45) is 0. The molecule has 0 bridgehead atoms. The van der Waals surface area contributed by atoms with Crippen LogP contribution in [0.25, 0.3) is 0 Å². The predicted molar refractivity (Wildman–Crippen MR) is 82.1 cm³/mol. The van der Waals surface area contributed by atoms with Gasteiger partial charge in [0.2, 0.25) is 5.91 Å². The Morgan fingerprint density at radius 3 is 2.55 bits per heavy atom. The minimum Gasteiger partial charge on any atom is -0.508 e. The summed E-state index contributed by atoms with van der Waals surface area (Å²) in [6.45, 7) is 0.425. The molecular formula is C15H14ClNO2S. The Morgan fingerprint density at radius 1 is 1.15 bits per heavy atom. The first-order chi connectivity index (χ1) is 9.65. The van der Waals surface area contributed by atoms with Crippen LogP contribution in [0.5, 0.6) is 5.75 Å². The summed E-state index contributed by atoms with van der Waals surface area (Å²) in [4.78, 5) is 12.7. The molecule has 0 spiro atoms. The highest BCUT2D eigenvalue weighted by atomic mass is 35.5. The van der Waals surface area contributed by atoms with E-state index in [1.807, 2.05) is 18.2 Å². The molecule has 1 amide bonds. The van der Waals surface area contributed by atoms with Gasteiger partial charge in [0.05, 0.1) is 5.75 Å². The molecule has 0 heterocycles. The average molecular weight is 308 g/mol. The molecule has 0 aromatic heterocycles. The van der Waals surface area contributed by atoms with E-state index in [0.29, 0.717) is 17.3 Å². The standard InChI is InChI=1S/C15H14ClNO2S/c16-14-4-2-1-3-11(14)9-17-15(19)10-20-13-7-5-12(18)6-8-13/h1-8,18H,9-10H2,(H,17,19). The third-order valence-electron chi connectivity index (χ3n) is 2.64. The number of phenols is 1. The first-order valence-corrected chi connectivity index (χ1v) is 7.43. The second kappa shape index (κ2) is 7.22. The fourth-order valence-corrected chi connectivity index (χ4v) is 2.51. The highest BCUT2D eigenvalue weighted by Gasteiger charge is 2.04. The molecule has 0 atom stereocenters. The molecule has 0 fully saturated rings. The van der Waals surface area contributed by atoms with E-state index in [0.717, 1.165) is 10.5 Å². The van der Waals surface area contributed by atoms with Gasteiger partial charge in [0.15, 0.2) is 0 Å². The van der Waals surface area contributed by atoms with Crippen LogP contribution in [0, 0.1) is 0 Å². The van der Waals surface area contributed by atoms with Gasteiger partial charge >= 0.3 is 0 Å². The smallest absolute Gasteiger partial charge is 0.230 e. The second-order valence-electron chi connectivity index (χ2n) is 4.15. The Labute approximate surface area is 127 Å². The molecule has 20 heavy (non-hydrogen) atoms. The minimum atomic E-state index is -0.0528. The summed E-state index contributed by atoms with van der Waals surface area (Å²) in [6, 6.07) is 14.2. The van der Waals surface area contributed by atoms with Crippen molar-refractivity contribution in [3.05, 3.63) is 59.1 Å². The van der Waals surface area contributed by atoms with Crippen molar-refractivity contribution in [2.45, 2.75) is 11.4 Å². The molecule has 104 valence electrons.